The molecule has 12 nitrogen and oxygen atoms in total. The number of carboxylic acids is 1. The van der Waals surface area contributed by atoms with Crippen LogP contribution in [-0.2, 0) is 26.6 Å². The summed E-state index contributed by atoms with van der Waals surface area (Å²) in [7, 11) is 0. The molecule has 43 heavy (non-hydrogen) atoms. The number of fused-ring (bicyclic) bond motifs is 1. The van der Waals surface area contributed by atoms with E-state index >= 15 is 0 Å². The average Bonchev–Trinajstić information content (AvgIpc) is 3.43. The highest BCUT2D eigenvalue weighted by Crippen LogP contribution is 2.39. The molecule has 0 atom stereocenters. The fourth-order valence-corrected chi connectivity index (χ4v) is 5.07. The Kier molecular flexibility index (Phi) is 10.9. The number of unbranched alkanes of at least 4 members (excludes halogenated alkanes) is 2. The number of tetrazole rings is 1. The van der Waals surface area contributed by atoms with E-state index in [1.165, 1.54) is 22.5 Å². The van der Waals surface area contributed by atoms with Gasteiger partial charge in [0.1, 0.15) is 23.8 Å². The van der Waals surface area contributed by atoms with E-state index in [9.17, 15) is 19.5 Å². The smallest absolute Gasteiger partial charge is 0.327 e. The first-order chi connectivity index (χ1) is 20.8. The fraction of sp³-hybridized carbons (Fsp3) is 0.333. The first-order valence-electron chi connectivity index (χ1n) is 13.8. The van der Waals surface area contributed by atoms with Gasteiger partial charge in [-0.1, -0.05) is 67.9 Å². The largest absolute Gasteiger partial charge is 0.506 e. The lowest BCUT2D eigenvalue weighted by Crippen LogP contribution is -2.26. The lowest BCUT2D eigenvalue weighted by Gasteiger charge is -2.15. The van der Waals surface area contributed by atoms with Crippen LogP contribution in [0.5, 0.6) is 17.2 Å². The predicted octanol–water partition coefficient (Wildman–Crippen LogP) is 4.86. The molecule has 0 unspecified atom stereocenters. The van der Waals surface area contributed by atoms with Crippen LogP contribution in [0.2, 0.25) is 0 Å². The fourth-order valence-electron chi connectivity index (χ4n) is 4.25. The number of rotatable bonds is 15. The van der Waals surface area contributed by atoms with Crippen LogP contribution in [-0.4, -0.2) is 61.4 Å². The highest BCUT2D eigenvalue weighted by molar-refractivity contribution is 7.98. The standard InChI is InChI=1S/C30H33N5O7S/c1-3-4-7-14-41-27(38)17-35-30(32-33-34-35)43-18-20-10-11-24(19(2)15-20)42-25-16-23(29(40)31-13-12-26(36)37)28(39)22-9-6-5-8-21(22)25/h5-6,8-11,15-16,39H,3-4,7,12-14,17-18H2,1-2H3,(H,31,40)(H,36,37). The predicted molar refractivity (Wildman–Crippen MR) is 159 cm³/mol. The molecule has 0 radical (unpaired) electrons. The molecule has 0 fully saturated rings. The number of carbonyl (C=O) groups excluding carboxylic acids is 2. The monoisotopic (exact) mass is 607 g/mol. The highest BCUT2D eigenvalue weighted by atomic mass is 32.2. The molecule has 0 saturated carbocycles. The zero-order chi connectivity index (χ0) is 30.8. The number of phenols is 1. The lowest BCUT2D eigenvalue weighted by molar-refractivity contribution is -0.145. The van der Waals surface area contributed by atoms with Gasteiger partial charge in [-0.05, 0) is 47.0 Å². The van der Waals surface area contributed by atoms with E-state index in [0.717, 1.165) is 30.4 Å². The van der Waals surface area contributed by atoms with Crippen LogP contribution in [0.15, 0.2) is 53.7 Å². The molecular formula is C30H33N5O7S. The van der Waals surface area contributed by atoms with Crippen LogP contribution in [0.25, 0.3) is 10.8 Å². The minimum Gasteiger partial charge on any atom is -0.506 e. The summed E-state index contributed by atoms with van der Waals surface area (Å²) in [5.41, 5.74) is 1.78. The second-order valence-corrected chi connectivity index (χ2v) is 10.7. The SMILES string of the molecule is CCCCCOC(=O)Cn1nnnc1SCc1ccc(Oc2cc(C(=O)NCCC(=O)O)c(O)c3ccccc23)c(C)c1. The third-order valence-electron chi connectivity index (χ3n) is 6.46. The molecule has 4 aromatic rings. The number of esters is 1. The number of nitrogens with one attached hydrogen (secondary N) is 1. The summed E-state index contributed by atoms with van der Waals surface area (Å²) in [6.45, 7) is 4.22. The Balaban J connectivity index is 1.45. The van der Waals surface area contributed by atoms with Gasteiger partial charge in [0.05, 0.1) is 18.6 Å². The molecule has 1 aromatic heterocycles. The van der Waals surface area contributed by atoms with Crippen molar-refractivity contribution in [1.29, 1.82) is 0 Å². The van der Waals surface area contributed by atoms with Gasteiger partial charge >= 0.3 is 11.9 Å². The Labute approximate surface area is 252 Å². The number of thioether (sulfide) groups is 1. The van der Waals surface area contributed by atoms with E-state index in [0.29, 0.717) is 39.8 Å². The third kappa shape index (κ3) is 8.44. The third-order valence-corrected chi connectivity index (χ3v) is 7.49. The van der Waals surface area contributed by atoms with Crippen molar-refractivity contribution in [3.05, 3.63) is 65.2 Å². The highest BCUT2D eigenvalue weighted by Gasteiger charge is 2.19. The number of amides is 1. The van der Waals surface area contributed by atoms with Gasteiger partial charge in [-0.15, -0.1) is 5.10 Å². The number of hydrogen-bond donors (Lipinski definition) is 3. The number of aliphatic carboxylic acids is 1. The Morgan fingerprint density at radius 1 is 1.05 bits per heavy atom. The summed E-state index contributed by atoms with van der Waals surface area (Å²) in [5, 5.41) is 35.3. The van der Waals surface area contributed by atoms with Crippen LogP contribution in [0, 0.1) is 6.92 Å². The molecule has 0 spiro atoms. The van der Waals surface area contributed by atoms with Crippen LogP contribution in [0.4, 0.5) is 0 Å². The number of nitrogens with zero attached hydrogens (tertiary/aromatic N) is 4. The van der Waals surface area contributed by atoms with Crippen LogP contribution in [0.1, 0.15) is 54.1 Å². The topological polar surface area (TPSA) is 166 Å². The number of aryl methyl sites for hydroxylation is 1. The van der Waals surface area contributed by atoms with Crippen molar-refractivity contribution in [2.24, 2.45) is 0 Å². The zero-order valence-corrected chi connectivity index (χ0v) is 24.7. The number of carbonyl (C=O) groups is 3. The van der Waals surface area contributed by atoms with Gasteiger partial charge in [0.25, 0.3) is 5.91 Å². The maximum absolute atomic E-state index is 12.8. The first-order valence-corrected chi connectivity index (χ1v) is 14.8. The van der Waals surface area contributed by atoms with Crippen molar-refractivity contribution in [2.45, 2.75) is 57.0 Å². The lowest BCUT2D eigenvalue weighted by atomic mass is 10.0. The average molecular weight is 608 g/mol. The van der Waals surface area contributed by atoms with Gasteiger partial charge in [0, 0.05) is 23.1 Å². The van der Waals surface area contributed by atoms with Gasteiger partial charge in [0.2, 0.25) is 5.16 Å². The number of hydrogen-bond acceptors (Lipinski definition) is 10. The van der Waals surface area contributed by atoms with E-state index in [2.05, 4.69) is 27.8 Å². The normalized spacial score (nSPS) is 10.9. The molecule has 1 heterocycles. The van der Waals surface area contributed by atoms with Gasteiger partial charge in [-0.25, -0.2) is 4.68 Å². The van der Waals surface area contributed by atoms with Crippen LogP contribution >= 0.6 is 11.8 Å². The summed E-state index contributed by atoms with van der Waals surface area (Å²) in [4.78, 5) is 35.7. The Morgan fingerprint density at radius 2 is 1.84 bits per heavy atom. The van der Waals surface area contributed by atoms with Crippen molar-refractivity contribution >= 4 is 40.4 Å². The molecule has 3 N–H and O–H groups in total. The number of carboxylic acid groups (broad SMARTS) is 1. The Morgan fingerprint density at radius 3 is 2.58 bits per heavy atom. The molecule has 0 saturated heterocycles. The van der Waals surface area contributed by atoms with Gasteiger partial charge in [0.15, 0.2) is 0 Å². The van der Waals surface area contributed by atoms with Crippen molar-refractivity contribution in [3.8, 4) is 17.2 Å². The van der Waals surface area contributed by atoms with E-state index in [1.807, 2.05) is 25.1 Å². The van der Waals surface area contributed by atoms with Crippen molar-refractivity contribution < 1.29 is 34.1 Å². The number of aromatic nitrogens is 4. The van der Waals surface area contributed by atoms with E-state index in [-0.39, 0.29) is 36.8 Å². The zero-order valence-electron chi connectivity index (χ0n) is 23.9. The number of aromatic hydroxyl groups is 1. The number of ether oxygens (including phenoxy) is 2. The molecule has 4 rings (SSSR count). The van der Waals surface area contributed by atoms with Gasteiger partial charge < -0.3 is 25.0 Å². The number of phenolic OH excluding ortho intramolecular Hbond substituents is 1. The molecule has 0 bridgehead atoms. The summed E-state index contributed by atoms with van der Waals surface area (Å²) in [6.07, 6.45) is 2.63. The van der Waals surface area contributed by atoms with Crippen LogP contribution in [0.3, 0.4) is 0 Å². The molecule has 3 aromatic carbocycles. The summed E-state index contributed by atoms with van der Waals surface area (Å²) < 4.78 is 12.9. The first kappa shape index (κ1) is 31.3. The Bertz CT molecular complexity index is 1610. The summed E-state index contributed by atoms with van der Waals surface area (Å²) >= 11 is 1.39. The minimum absolute atomic E-state index is 0.0210. The maximum Gasteiger partial charge on any atom is 0.327 e. The molecule has 0 aliphatic heterocycles. The Hall–Kier alpha value is -4.65. The second kappa shape index (κ2) is 15.0. The molecular weight excluding hydrogens is 574 g/mol. The molecule has 0 aliphatic rings. The van der Waals surface area contributed by atoms with Crippen molar-refractivity contribution in [1.82, 2.24) is 25.5 Å². The van der Waals surface area contributed by atoms with E-state index in [1.54, 1.807) is 24.3 Å². The molecule has 0 aliphatic carbocycles. The van der Waals surface area contributed by atoms with E-state index < -0.39 is 11.9 Å². The summed E-state index contributed by atoms with van der Waals surface area (Å²) in [5.74, 6) is -0.792. The molecule has 1 amide bonds. The quantitative estimate of drug-likeness (QED) is 0.0959. The minimum atomic E-state index is -1.04. The van der Waals surface area contributed by atoms with E-state index in [4.69, 9.17) is 14.6 Å². The second-order valence-electron chi connectivity index (χ2n) is 9.75. The molecule has 226 valence electrons. The van der Waals surface area contributed by atoms with Gasteiger partial charge in [-0.2, -0.15) is 0 Å². The van der Waals surface area contributed by atoms with Crippen LogP contribution < -0.4 is 10.1 Å². The van der Waals surface area contributed by atoms with Gasteiger partial charge in [-0.3, -0.25) is 14.4 Å². The van der Waals surface area contributed by atoms with Crippen molar-refractivity contribution in [3.63, 3.8) is 0 Å². The summed E-state index contributed by atoms with van der Waals surface area (Å²) in [6, 6.07) is 14.1. The number of benzene rings is 3. The maximum atomic E-state index is 12.8. The van der Waals surface area contributed by atoms with Crippen molar-refractivity contribution in [2.75, 3.05) is 13.2 Å². The molecule has 13 heteroatoms.